The second-order valence-corrected chi connectivity index (χ2v) is 4.22. The topological polar surface area (TPSA) is 30.9 Å². The number of hydrogen-bond donors (Lipinski definition) is 0. The monoisotopic (exact) mass is 261 g/mol. The summed E-state index contributed by atoms with van der Waals surface area (Å²) in [5, 5.41) is 0. The summed E-state index contributed by atoms with van der Waals surface area (Å²) in [5.74, 6) is 0. The fraction of sp³-hybridized carbons (Fsp3) is 1.00. The lowest BCUT2D eigenvalue weighted by Gasteiger charge is -2.17. The molecule has 0 fully saturated rings. The van der Waals surface area contributed by atoms with Crippen molar-refractivity contribution in [2.24, 2.45) is 0 Å². The Morgan fingerprint density at radius 3 is 1.67 bits per heavy atom. The van der Waals surface area contributed by atoms with Crippen molar-refractivity contribution < 1.29 is 14.2 Å². The lowest BCUT2D eigenvalue weighted by molar-refractivity contribution is 0.0106. The van der Waals surface area contributed by atoms with Crippen LogP contribution in [0.15, 0.2) is 0 Å². The van der Waals surface area contributed by atoms with Gasteiger partial charge in [0.2, 0.25) is 0 Å². The maximum absolute atomic E-state index is 5.51. The molecule has 4 heteroatoms. The molecule has 110 valence electrons. The maximum atomic E-state index is 5.51. The van der Waals surface area contributed by atoms with Gasteiger partial charge in [-0.1, -0.05) is 27.2 Å². The average molecular weight is 261 g/mol. The molecule has 0 radical (unpaired) electrons. The van der Waals surface area contributed by atoms with Crippen LogP contribution in [0.5, 0.6) is 0 Å². The molecule has 4 nitrogen and oxygen atoms in total. The number of hydrogen-bond acceptors (Lipinski definition) is 4. The van der Waals surface area contributed by atoms with E-state index in [0.717, 1.165) is 39.3 Å². The van der Waals surface area contributed by atoms with E-state index in [4.69, 9.17) is 14.2 Å². The predicted molar refractivity (Wildman–Crippen MR) is 75.2 cm³/mol. The summed E-state index contributed by atoms with van der Waals surface area (Å²) < 4.78 is 16.3. The Balaban J connectivity index is 3.03. The zero-order valence-electron chi connectivity index (χ0n) is 12.5. The molecule has 0 unspecified atom stereocenters. The summed E-state index contributed by atoms with van der Waals surface area (Å²) in [4.78, 5) is 2.35. The van der Waals surface area contributed by atoms with Gasteiger partial charge < -0.3 is 19.1 Å². The van der Waals surface area contributed by atoms with E-state index in [-0.39, 0.29) is 0 Å². The molecule has 0 aromatic carbocycles. The Labute approximate surface area is 113 Å². The van der Waals surface area contributed by atoms with Crippen LogP contribution >= 0.6 is 0 Å². The van der Waals surface area contributed by atoms with E-state index < -0.39 is 0 Å². The molecule has 0 amide bonds. The molecule has 0 saturated carbocycles. The number of nitrogens with zero attached hydrogens (tertiary/aromatic N) is 1. The Bertz CT molecular complexity index is 152. The van der Waals surface area contributed by atoms with Crippen molar-refractivity contribution in [1.29, 1.82) is 0 Å². The molecule has 0 saturated heterocycles. The molecule has 0 aliphatic rings. The molecule has 0 bridgehead atoms. The standard InChI is InChI=1S/C14H31NO3/c1-4-7-9-16-11-13-18-14-12-17-10-8-15(5-2)6-3/h4-14H2,1-3H3. The Hall–Kier alpha value is -0.160. The first-order valence-corrected chi connectivity index (χ1v) is 7.30. The fourth-order valence-electron chi connectivity index (χ4n) is 1.52. The molecule has 0 N–H and O–H groups in total. The van der Waals surface area contributed by atoms with Gasteiger partial charge in [-0.15, -0.1) is 0 Å². The molecule has 0 aliphatic heterocycles. The van der Waals surface area contributed by atoms with Crippen molar-refractivity contribution in [1.82, 2.24) is 4.90 Å². The van der Waals surface area contributed by atoms with Crippen LogP contribution in [0.3, 0.4) is 0 Å². The van der Waals surface area contributed by atoms with Crippen LogP contribution < -0.4 is 0 Å². The van der Waals surface area contributed by atoms with Crippen LogP contribution in [-0.2, 0) is 14.2 Å². The summed E-state index contributed by atoms with van der Waals surface area (Å²) in [6.07, 6.45) is 2.32. The van der Waals surface area contributed by atoms with E-state index in [1.54, 1.807) is 0 Å². The van der Waals surface area contributed by atoms with Crippen molar-refractivity contribution in [3.05, 3.63) is 0 Å². The van der Waals surface area contributed by atoms with Crippen molar-refractivity contribution in [3.63, 3.8) is 0 Å². The highest BCUT2D eigenvalue weighted by atomic mass is 16.5. The predicted octanol–water partition coefficient (Wildman–Crippen LogP) is 2.18. The first kappa shape index (κ1) is 17.8. The molecule has 0 rings (SSSR count). The van der Waals surface area contributed by atoms with Gasteiger partial charge in [-0.3, -0.25) is 0 Å². The van der Waals surface area contributed by atoms with Gasteiger partial charge in [-0.05, 0) is 19.5 Å². The Morgan fingerprint density at radius 2 is 1.17 bits per heavy atom. The quantitative estimate of drug-likeness (QED) is 0.448. The highest BCUT2D eigenvalue weighted by molar-refractivity contribution is 4.50. The van der Waals surface area contributed by atoms with Crippen molar-refractivity contribution in [2.75, 3.05) is 59.3 Å². The minimum absolute atomic E-state index is 0.662. The maximum Gasteiger partial charge on any atom is 0.0701 e. The lowest BCUT2D eigenvalue weighted by atomic mass is 10.4. The van der Waals surface area contributed by atoms with E-state index in [2.05, 4.69) is 25.7 Å². The average Bonchev–Trinajstić information content (AvgIpc) is 2.40. The van der Waals surface area contributed by atoms with Crippen LogP contribution in [0, 0.1) is 0 Å². The van der Waals surface area contributed by atoms with Crippen molar-refractivity contribution in [3.8, 4) is 0 Å². The minimum atomic E-state index is 0.662. The highest BCUT2D eigenvalue weighted by Crippen LogP contribution is 1.89. The zero-order valence-corrected chi connectivity index (χ0v) is 12.5. The first-order chi connectivity index (χ1) is 8.85. The number of rotatable bonds is 14. The Kier molecular flexibility index (Phi) is 14.8. The third kappa shape index (κ3) is 12.3. The van der Waals surface area contributed by atoms with E-state index in [1.165, 1.54) is 6.42 Å². The summed E-state index contributed by atoms with van der Waals surface area (Å²) in [7, 11) is 0. The van der Waals surface area contributed by atoms with Crippen molar-refractivity contribution in [2.45, 2.75) is 33.6 Å². The van der Waals surface area contributed by atoms with Crippen LogP contribution in [-0.4, -0.2) is 64.2 Å². The van der Waals surface area contributed by atoms with Crippen LogP contribution in [0.1, 0.15) is 33.6 Å². The number of ether oxygens (including phenoxy) is 3. The van der Waals surface area contributed by atoms with E-state index in [9.17, 15) is 0 Å². The third-order valence-corrected chi connectivity index (χ3v) is 2.83. The smallest absolute Gasteiger partial charge is 0.0701 e. The van der Waals surface area contributed by atoms with Gasteiger partial charge in [0, 0.05) is 13.2 Å². The molecule has 0 aromatic heterocycles. The van der Waals surface area contributed by atoms with E-state index in [0.29, 0.717) is 26.4 Å². The molecular weight excluding hydrogens is 230 g/mol. The molecule has 0 aliphatic carbocycles. The highest BCUT2D eigenvalue weighted by Gasteiger charge is 1.97. The minimum Gasteiger partial charge on any atom is -0.379 e. The normalized spacial score (nSPS) is 11.3. The summed E-state index contributed by atoms with van der Waals surface area (Å²) in [5.41, 5.74) is 0. The fourth-order valence-corrected chi connectivity index (χ4v) is 1.52. The largest absolute Gasteiger partial charge is 0.379 e. The van der Waals surface area contributed by atoms with Gasteiger partial charge in [0.25, 0.3) is 0 Å². The molecule has 0 aromatic rings. The zero-order chi connectivity index (χ0) is 13.5. The van der Waals surface area contributed by atoms with E-state index in [1.807, 2.05) is 0 Å². The summed E-state index contributed by atoms with van der Waals surface area (Å²) in [6, 6.07) is 0. The number of likely N-dealkylation sites (N-methyl/N-ethyl adjacent to an activating group) is 1. The van der Waals surface area contributed by atoms with Gasteiger partial charge in [-0.2, -0.15) is 0 Å². The second kappa shape index (κ2) is 14.9. The molecular formula is C14H31NO3. The van der Waals surface area contributed by atoms with Gasteiger partial charge in [0.1, 0.15) is 0 Å². The van der Waals surface area contributed by atoms with Crippen LogP contribution in [0.2, 0.25) is 0 Å². The number of unbranched alkanes of at least 4 members (excludes halogenated alkanes) is 1. The summed E-state index contributed by atoms with van der Waals surface area (Å²) in [6.45, 7) is 14.0. The van der Waals surface area contributed by atoms with Gasteiger partial charge in [0.15, 0.2) is 0 Å². The molecule has 0 atom stereocenters. The van der Waals surface area contributed by atoms with Crippen LogP contribution in [0.4, 0.5) is 0 Å². The molecule has 0 spiro atoms. The summed E-state index contributed by atoms with van der Waals surface area (Å²) >= 11 is 0. The van der Waals surface area contributed by atoms with Gasteiger partial charge in [0.05, 0.1) is 33.0 Å². The molecule has 18 heavy (non-hydrogen) atoms. The lowest BCUT2D eigenvalue weighted by Crippen LogP contribution is -2.27. The van der Waals surface area contributed by atoms with Gasteiger partial charge >= 0.3 is 0 Å². The molecule has 0 heterocycles. The first-order valence-electron chi connectivity index (χ1n) is 7.30. The SMILES string of the molecule is CCCCOCCOCCOCCN(CC)CC. The van der Waals surface area contributed by atoms with Crippen molar-refractivity contribution >= 4 is 0 Å². The van der Waals surface area contributed by atoms with E-state index >= 15 is 0 Å². The third-order valence-electron chi connectivity index (χ3n) is 2.83. The Morgan fingerprint density at radius 1 is 0.667 bits per heavy atom. The second-order valence-electron chi connectivity index (χ2n) is 4.22. The van der Waals surface area contributed by atoms with Gasteiger partial charge in [-0.25, -0.2) is 0 Å². The van der Waals surface area contributed by atoms with Crippen LogP contribution in [0.25, 0.3) is 0 Å².